The van der Waals surface area contributed by atoms with Crippen LogP contribution in [0.4, 0.5) is 5.69 Å². The second-order valence-corrected chi connectivity index (χ2v) is 6.32. The van der Waals surface area contributed by atoms with Crippen LogP contribution in [0, 0.1) is 0 Å². The number of rotatable bonds is 7. The molecule has 0 aromatic heterocycles. The summed E-state index contributed by atoms with van der Waals surface area (Å²) in [5, 5.41) is 6.37. The van der Waals surface area contributed by atoms with E-state index in [2.05, 4.69) is 23.8 Å². The van der Waals surface area contributed by atoms with Crippen LogP contribution in [0.1, 0.15) is 36.5 Å². The van der Waals surface area contributed by atoms with E-state index in [0.29, 0.717) is 4.75 Å². The van der Waals surface area contributed by atoms with Crippen LogP contribution in [0.5, 0.6) is 0 Å². The summed E-state index contributed by atoms with van der Waals surface area (Å²) in [6.45, 7) is 3.78. The molecule has 19 heavy (non-hydrogen) atoms. The molecular weight excluding hydrogens is 256 g/mol. The van der Waals surface area contributed by atoms with Gasteiger partial charge in [-0.15, -0.1) is 0 Å². The van der Waals surface area contributed by atoms with Crippen molar-refractivity contribution in [3.63, 3.8) is 0 Å². The molecule has 1 aliphatic carbocycles. The number of hydrogen-bond donors (Lipinski definition) is 2. The largest absolute Gasteiger partial charge is 0.384 e. The van der Waals surface area contributed by atoms with Crippen molar-refractivity contribution in [1.82, 2.24) is 5.32 Å². The average molecular weight is 278 g/mol. The number of anilines is 1. The number of benzene rings is 1. The van der Waals surface area contributed by atoms with Gasteiger partial charge in [-0.3, -0.25) is 4.79 Å². The summed E-state index contributed by atoms with van der Waals surface area (Å²) in [7, 11) is 0. The van der Waals surface area contributed by atoms with E-state index in [0.717, 1.165) is 30.8 Å². The van der Waals surface area contributed by atoms with Crippen LogP contribution < -0.4 is 10.6 Å². The zero-order valence-corrected chi connectivity index (χ0v) is 12.5. The SMILES string of the molecule is CCCNc1ccccc1C(=O)NCC1(SC)CC1. The second kappa shape index (κ2) is 6.33. The van der Waals surface area contributed by atoms with E-state index in [1.165, 1.54) is 12.8 Å². The van der Waals surface area contributed by atoms with E-state index in [-0.39, 0.29) is 5.91 Å². The first-order chi connectivity index (χ1) is 9.21. The van der Waals surface area contributed by atoms with Crippen molar-refractivity contribution in [3.05, 3.63) is 29.8 Å². The lowest BCUT2D eigenvalue weighted by atomic mass is 10.1. The van der Waals surface area contributed by atoms with Crippen molar-refractivity contribution in [1.29, 1.82) is 0 Å². The van der Waals surface area contributed by atoms with Gasteiger partial charge in [-0.25, -0.2) is 0 Å². The first-order valence-corrected chi connectivity index (χ1v) is 8.09. The molecular formula is C15H22N2OS. The fraction of sp³-hybridized carbons (Fsp3) is 0.533. The van der Waals surface area contributed by atoms with Gasteiger partial charge in [-0.05, 0) is 37.7 Å². The van der Waals surface area contributed by atoms with Crippen molar-refractivity contribution < 1.29 is 4.79 Å². The maximum absolute atomic E-state index is 12.3. The molecule has 0 heterocycles. The number of para-hydroxylation sites is 1. The summed E-state index contributed by atoms with van der Waals surface area (Å²) in [4.78, 5) is 12.3. The predicted octanol–water partition coefficient (Wildman–Crippen LogP) is 3.13. The third-order valence-corrected chi connectivity index (χ3v) is 4.97. The zero-order chi connectivity index (χ0) is 13.7. The van der Waals surface area contributed by atoms with Gasteiger partial charge in [0, 0.05) is 23.5 Å². The van der Waals surface area contributed by atoms with E-state index >= 15 is 0 Å². The molecule has 1 aromatic carbocycles. The third-order valence-electron chi connectivity index (χ3n) is 3.55. The van der Waals surface area contributed by atoms with Crippen molar-refractivity contribution in [2.75, 3.05) is 24.7 Å². The van der Waals surface area contributed by atoms with Gasteiger partial charge in [-0.2, -0.15) is 11.8 Å². The number of thioether (sulfide) groups is 1. The molecule has 0 bridgehead atoms. The molecule has 0 spiro atoms. The first-order valence-electron chi connectivity index (χ1n) is 6.87. The number of hydrogen-bond acceptors (Lipinski definition) is 3. The van der Waals surface area contributed by atoms with Crippen LogP contribution >= 0.6 is 11.8 Å². The second-order valence-electron chi connectivity index (χ2n) is 5.04. The maximum atomic E-state index is 12.3. The Morgan fingerprint density at radius 3 is 2.74 bits per heavy atom. The molecule has 2 N–H and O–H groups in total. The summed E-state index contributed by atoms with van der Waals surface area (Å²) in [5.41, 5.74) is 1.67. The Morgan fingerprint density at radius 2 is 2.11 bits per heavy atom. The monoisotopic (exact) mass is 278 g/mol. The quantitative estimate of drug-likeness (QED) is 0.805. The normalized spacial score (nSPS) is 15.9. The molecule has 4 heteroatoms. The van der Waals surface area contributed by atoms with Crippen molar-refractivity contribution >= 4 is 23.4 Å². The lowest BCUT2D eigenvalue weighted by Crippen LogP contribution is -2.32. The molecule has 1 amide bonds. The Morgan fingerprint density at radius 1 is 1.37 bits per heavy atom. The van der Waals surface area contributed by atoms with E-state index in [9.17, 15) is 4.79 Å². The van der Waals surface area contributed by atoms with E-state index in [4.69, 9.17) is 0 Å². The number of carbonyl (C=O) groups is 1. The predicted molar refractivity (Wildman–Crippen MR) is 83.0 cm³/mol. The Hall–Kier alpha value is -1.16. The molecule has 0 atom stereocenters. The molecule has 3 nitrogen and oxygen atoms in total. The highest BCUT2D eigenvalue weighted by Gasteiger charge is 2.42. The molecule has 1 aliphatic rings. The average Bonchev–Trinajstić information content (AvgIpc) is 3.23. The van der Waals surface area contributed by atoms with Crippen LogP contribution in [0.15, 0.2) is 24.3 Å². The molecule has 0 saturated heterocycles. The molecule has 1 saturated carbocycles. The topological polar surface area (TPSA) is 41.1 Å². The fourth-order valence-corrected chi connectivity index (χ4v) is 2.75. The highest BCUT2D eigenvalue weighted by Crippen LogP contribution is 2.46. The first kappa shape index (κ1) is 14.3. The Balaban J connectivity index is 1.98. The smallest absolute Gasteiger partial charge is 0.253 e. The van der Waals surface area contributed by atoms with E-state index < -0.39 is 0 Å². The summed E-state index contributed by atoms with van der Waals surface area (Å²) < 4.78 is 0.307. The molecule has 0 unspecified atom stereocenters. The molecule has 1 fully saturated rings. The highest BCUT2D eigenvalue weighted by atomic mass is 32.2. The Labute approximate surface area is 119 Å². The minimum absolute atomic E-state index is 0.0273. The summed E-state index contributed by atoms with van der Waals surface area (Å²) in [6.07, 6.45) is 5.59. The number of amides is 1. The van der Waals surface area contributed by atoms with Crippen molar-refractivity contribution in [2.24, 2.45) is 0 Å². The molecule has 0 radical (unpaired) electrons. The van der Waals surface area contributed by atoms with Gasteiger partial charge in [0.25, 0.3) is 5.91 Å². The Bertz CT molecular complexity index is 444. The van der Waals surface area contributed by atoms with Crippen LogP contribution in [-0.2, 0) is 0 Å². The van der Waals surface area contributed by atoms with Gasteiger partial charge in [0.2, 0.25) is 0 Å². The van der Waals surface area contributed by atoms with Gasteiger partial charge >= 0.3 is 0 Å². The Kier molecular flexibility index (Phi) is 4.75. The summed E-state index contributed by atoms with van der Waals surface area (Å²) in [5.74, 6) is 0.0273. The lowest BCUT2D eigenvalue weighted by Gasteiger charge is -2.15. The van der Waals surface area contributed by atoms with Crippen LogP contribution in [0.25, 0.3) is 0 Å². The van der Waals surface area contributed by atoms with Gasteiger partial charge in [0.1, 0.15) is 0 Å². The van der Waals surface area contributed by atoms with E-state index in [1.54, 1.807) is 0 Å². The van der Waals surface area contributed by atoms with Crippen molar-refractivity contribution in [3.8, 4) is 0 Å². The van der Waals surface area contributed by atoms with Gasteiger partial charge in [0.05, 0.1) is 5.56 Å². The standard InChI is InChI=1S/C15H22N2OS/c1-3-10-16-13-7-5-4-6-12(13)14(18)17-11-15(19-2)8-9-15/h4-7,16H,3,8-11H2,1-2H3,(H,17,18). The van der Waals surface area contributed by atoms with Crippen LogP contribution in [-0.4, -0.2) is 30.0 Å². The van der Waals surface area contributed by atoms with Crippen LogP contribution in [0.2, 0.25) is 0 Å². The number of nitrogens with one attached hydrogen (secondary N) is 2. The number of carbonyl (C=O) groups excluding carboxylic acids is 1. The van der Waals surface area contributed by atoms with Crippen molar-refractivity contribution in [2.45, 2.75) is 30.9 Å². The highest BCUT2D eigenvalue weighted by molar-refractivity contribution is 8.00. The molecule has 2 rings (SSSR count). The van der Waals surface area contributed by atoms with E-state index in [1.807, 2.05) is 36.0 Å². The molecule has 1 aromatic rings. The maximum Gasteiger partial charge on any atom is 0.253 e. The summed E-state index contributed by atoms with van der Waals surface area (Å²) >= 11 is 1.86. The van der Waals surface area contributed by atoms with Gasteiger partial charge in [0.15, 0.2) is 0 Å². The fourth-order valence-electron chi connectivity index (χ4n) is 2.02. The molecule has 0 aliphatic heterocycles. The minimum Gasteiger partial charge on any atom is -0.384 e. The van der Waals surface area contributed by atoms with Crippen LogP contribution in [0.3, 0.4) is 0 Å². The summed E-state index contributed by atoms with van der Waals surface area (Å²) in [6, 6.07) is 7.71. The zero-order valence-electron chi connectivity index (χ0n) is 11.7. The molecule has 104 valence electrons. The van der Waals surface area contributed by atoms with Gasteiger partial charge < -0.3 is 10.6 Å². The lowest BCUT2D eigenvalue weighted by molar-refractivity contribution is 0.0954. The third kappa shape index (κ3) is 3.66. The minimum atomic E-state index is 0.0273. The van der Waals surface area contributed by atoms with Gasteiger partial charge in [-0.1, -0.05) is 19.1 Å².